The zero-order valence-corrected chi connectivity index (χ0v) is 14.4. The SMILES string of the molecule is CN(C)C(=O)NC1CCN(C(=O)c2cc(=O)[nH]c3ccccc23)CC1. The Morgan fingerprint density at radius 3 is 2.56 bits per heavy atom. The summed E-state index contributed by atoms with van der Waals surface area (Å²) >= 11 is 0. The number of aromatic amines is 1. The van der Waals surface area contributed by atoms with Crippen LogP contribution in [0.3, 0.4) is 0 Å². The number of hydrogen-bond acceptors (Lipinski definition) is 3. The normalized spacial score (nSPS) is 15.2. The van der Waals surface area contributed by atoms with Crippen molar-refractivity contribution in [2.75, 3.05) is 27.2 Å². The molecule has 132 valence electrons. The number of fused-ring (bicyclic) bond motifs is 1. The summed E-state index contributed by atoms with van der Waals surface area (Å²) in [5.41, 5.74) is 0.803. The number of aromatic nitrogens is 1. The highest BCUT2D eigenvalue weighted by atomic mass is 16.2. The number of likely N-dealkylation sites (tertiary alicyclic amines) is 1. The molecule has 3 amide bonds. The lowest BCUT2D eigenvalue weighted by atomic mass is 10.0. The van der Waals surface area contributed by atoms with Gasteiger partial charge < -0.3 is 20.1 Å². The smallest absolute Gasteiger partial charge is 0.317 e. The van der Waals surface area contributed by atoms with Gasteiger partial charge in [0.05, 0.1) is 5.56 Å². The summed E-state index contributed by atoms with van der Waals surface area (Å²) in [6.07, 6.45) is 1.40. The van der Waals surface area contributed by atoms with Gasteiger partial charge in [0.25, 0.3) is 5.91 Å². The first kappa shape index (κ1) is 17.0. The van der Waals surface area contributed by atoms with E-state index >= 15 is 0 Å². The monoisotopic (exact) mass is 342 g/mol. The van der Waals surface area contributed by atoms with Crippen molar-refractivity contribution in [1.29, 1.82) is 0 Å². The number of nitrogens with one attached hydrogen (secondary N) is 2. The molecule has 25 heavy (non-hydrogen) atoms. The van der Waals surface area contributed by atoms with Gasteiger partial charge in [-0.2, -0.15) is 0 Å². The lowest BCUT2D eigenvalue weighted by Crippen LogP contribution is -2.48. The van der Waals surface area contributed by atoms with Crippen LogP contribution in [0, 0.1) is 0 Å². The zero-order valence-electron chi connectivity index (χ0n) is 14.4. The number of hydrogen-bond donors (Lipinski definition) is 2. The minimum atomic E-state index is -0.282. The Bertz CT molecular complexity index is 851. The van der Waals surface area contributed by atoms with Crippen LogP contribution < -0.4 is 10.9 Å². The van der Waals surface area contributed by atoms with Crippen molar-refractivity contribution < 1.29 is 9.59 Å². The van der Waals surface area contributed by atoms with Gasteiger partial charge in [0.15, 0.2) is 0 Å². The van der Waals surface area contributed by atoms with E-state index < -0.39 is 0 Å². The number of urea groups is 1. The molecule has 3 rings (SSSR count). The van der Waals surface area contributed by atoms with E-state index in [1.54, 1.807) is 25.1 Å². The summed E-state index contributed by atoms with van der Waals surface area (Å²) in [5.74, 6) is -0.139. The number of H-pyrrole nitrogens is 1. The van der Waals surface area contributed by atoms with Gasteiger partial charge in [-0.3, -0.25) is 9.59 Å². The predicted octanol–water partition coefficient (Wildman–Crippen LogP) is 1.40. The van der Waals surface area contributed by atoms with E-state index in [2.05, 4.69) is 10.3 Å². The molecule has 1 aromatic carbocycles. The summed E-state index contributed by atoms with van der Waals surface area (Å²) in [6.45, 7) is 1.11. The Kier molecular flexibility index (Phi) is 4.74. The molecule has 0 radical (unpaired) electrons. The highest BCUT2D eigenvalue weighted by Crippen LogP contribution is 2.19. The number of para-hydroxylation sites is 1. The molecular formula is C18H22N4O3. The quantitative estimate of drug-likeness (QED) is 0.865. The van der Waals surface area contributed by atoms with Crippen molar-refractivity contribution in [2.45, 2.75) is 18.9 Å². The van der Waals surface area contributed by atoms with Crippen molar-refractivity contribution in [3.63, 3.8) is 0 Å². The average Bonchev–Trinajstić information content (AvgIpc) is 2.61. The number of nitrogens with zero attached hydrogens (tertiary/aromatic N) is 2. The fourth-order valence-electron chi connectivity index (χ4n) is 3.08. The van der Waals surface area contributed by atoms with Crippen LogP contribution in [0.5, 0.6) is 0 Å². The highest BCUT2D eigenvalue weighted by Gasteiger charge is 2.26. The third-order valence-electron chi connectivity index (χ3n) is 4.50. The molecule has 1 aliphatic rings. The topological polar surface area (TPSA) is 85.5 Å². The summed E-state index contributed by atoms with van der Waals surface area (Å²) in [7, 11) is 3.40. The standard InChI is InChI=1S/C18H22N4O3/c1-21(2)18(25)19-12-7-9-22(10-8-12)17(24)14-11-16(23)20-15-6-4-3-5-13(14)15/h3-6,11-12H,7-10H2,1-2H3,(H,19,25)(H,20,23). The van der Waals surface area contributed by atoms with E-state index in [1.807, 2.05) is 18.2 Å². The third-order valence-corrected chi connectivity index (χ3v) is 4.50. The first-order chi connectivity index (χ1) is 12.0. The van der Waals surface area contributed by atoms with E-state index in [0.29, 0.717) is 37.0 Å². The van der Waals surface area contributed by atoms with Crippen LogP contribution in [-0.4, -0.2) is 59.9 Å². The van der Waals surface area contributed by atoms with Gasteiger partial charge in [-0.25, -0.2) is 4.79 Å². The second-order valence-electron chi connectivity index (χ2n) is 6.50. The molecule has 0 saturated carbocycles. The fourth-order valence-corrected chi connectivity index (χ4v) is 3.08. The van der Waals surface area contributed by atoms with E-state index in [0.717, 1.165) is 5.39 Å². The second kappa shape index (κ2) is 6.96. The Morgan fingerprint density at radius 2 is 1.88 bits per heavy atom. The number of rotatable bonds is 2. The molecule has 2 N–H and O–H groups in total. The second-order valence-corrected chi connectivity index (χ2v) is 6.50. The number of benzene rings is 1. The molecular weight excluding hydrogens is 320 g/mol. The fraction of sp³-hybridized carbons (Fsp3) is 0.389. The summed E-state index contributed by atoms with van der Waals surface area (Å²) in [6, 6.07) is 8.61. The number of carbonyl (C=O) groups excluding carboxylic acids is 2. The largest absolute Gasteiger partial charge is 0.338 e. The number of piperidine rings is 1. The number of carbonyl (C=O) groups is 2. The van der Waals surface area contributed by atoms with Gasteiger partial charge in [0, 0.05) is 50.2 Å². The summed E-state index contributed by atoms with van der Waals surface area (Å²) in [4.78, 5) is 42.5. The molecule has 7 heteroatoms. The van der Waals surface area contributed by atoms with Crippen LogP contribution in [0.15, 0.2) is 35.1 Å². The lowest BCUT2D eigenvalue weighted by Gasteiger charge is -2.33. The Hall–Kier alpha value is -2.83. The zero-order chi connectivity index (χ0) is 18.0. The van der Waals surface area contributed by atoms with E-state index in [-0.39, 0.29) is 23.5 Å². The van der Waals surface area contributed by atoms with Gasteiger partial charge in [-0.05, 0) is 18.9 Å². The minimum Gasteiger partial charge on any atom is -0.338 e. The van der Waals surface area contributed by atoms with Crippen LogP contribution in [0.1, 0.15) is 23.2 Å². The van der Waals surface area contributed by atoms with Crippen molar-refractivity contribution in [3.8, 4) is 0 Å². The molecule has 0 atom stereocenters. The van der Waals surface area contributed by atoms with Crippen LogP contribution in [0.2, 0.25) is 0 Å². The highest BCUT2D eigenvalue weighted by molar-refractivity contribution is 6.05. The summed E-state index contributed by atoms with van der Waals surface area (Å²) in [5, 5.41) is 3.70. The van der Waals surface area contributed by atoms with Crippen molar-refractivity contribution in [1.82, 2.24) is 20.1 Å². The minimum absolute atomic E-state index is 0.0647. The van der Waals surface area contributed by atoms with Crippen molar-refractivity contribution >= 4 is 22.8 Å². The maximum atomic E-state index is 12.9. The van der Waals surface area contributed by atoms with Crippen LogP contribution in [-0.2, 0) is 0 Å². The van der Waals surface area contributed by atoms with Gasteiger partial charge in [-0.15, -0.1) is 0 Å². The molecule has 1 saturated heterocycles. The average molecular weight is 342 g/mol. The predicted molar refractivity (Wildman–Crippen MR) is 95.7 cm³/mol. The first-order valence-corrected chi connectivity index (χ1v) is 8.35. The third kappa shape index (κ3) is 3.65. The van der Waals surface area contributed by atoms with Gasteiger partial charge in [0.2, 0.25) is 5.56 Å². The molecule has 1 aromatic heterocycles. The van der Waals surface area contributed by atoms with Gasteiger partial charge in [0.1, 0.15) is 0 Å². The van der Waals surface area contributed by atoms with Gasteiger partial charge >= 0.3 is 6.03 Å². The van der Waals surface area contributed by atoms with E-state index in [9.17, 15) is 14.4 Å². The molecule has 0 spiro atoms. The maximum absolute atomic E-state index is 12.9. The van der Waals surface area contributed by atoms with Crippen molar-refractivity contribution in [2.24, 2.45) is 0 Å². The van der Waals surface area contributed by atoms with Crippen LogP contribution in [0.4, 0.5) is 4.79 Å². The molecule has 2 aromatic rings. The van der Waals surface area contributed by atoms with Gasteiger partial charge in [-0.1, -0.05) is 18.2 Å². The molecule has 1 aliphatic heterocycles. The number of pyridine rings is 1. The molecule has 0 unspecified atom stereocenters. The Balaban J connectivity index is 1.73. The lowest BCUT2D eigenvalue weighted by molar-refractivity contribution is 0.0709. The molecule has 7 nitrogen and oxygen atoms in total. The van der Waals surface area contributed by atoms with Crippen molar-refractivity contribution in [3.05, 3.63) is 46.2 Å². The van der Waals surface area contributed by atoms with Crippen LogP contribution >= 0.6 is 0 Å². The number of amides is 3. The van der Waals surface area contributed by atoms with E-state index in [1.165, 1.54) is 11.0 Å². The Morgan fingerprint density at radius 1 is 1.20 bits per heavy atom. The molecule has 1 fully saturated rings. The molecule has 0 aliphatic carbocycles. The maximum Gasteiger partial charge on any atom is 0.317 e. The summed E-state index contributed by atoms with van der Waals surface area (Å²) < 4.78 is 0. The first-order valence-electron chi connectivity index (χ1n) is 8.35. The molecule has 0 bridgehead atoms. The Labute approximate surface area is 145 Å². The van der Waals surface area contributed by atoms with E-state index in [4.69, 9.17) is 0 Å². The van der Waals surface area contributed by atoms with Crippen LogP contribution in [0.25, 0.3) is 10.9 Å². The molecule has 2 heterocycles.